The Morgan fingerprint density at radius 3 is 2.74 bits per heavy atom. The maximum atomic E-state index is 13.5. The van der Waals surface area contributed by atoms with E-state index in [1.165, 1.54) is 6.33 Å². The van der Waals surface area contributed by atoms with E-state index < -0.39 is 0 Å². The molecule has 174 valence electrons. The number of carbonyl (C=O) groups is 1. The fourth-order valence-electron chi connectivity index (χ4n) is 4.02. The number of H-pyrrole nitrogens is 1. The van der Waals surface area contributed by atoms with E-state index in [1.807, 2.05) is 30.3 Å². The van der Waals surface area contributed by atoms with Crippen molar-refractivity contribution in [2.45, 2.75) is 25.0 Å². The third-order valence-electron chi connectivity index (χ3n) is 5.79. The van der Waals surface area contributed by atoms with E-state index in [4.69, 9.17) is 21.1 Å². The SMILES string of the molecule is O=C(c1ccc(Oc2ccccc2)cc1Cl)c1c[nH]c2ncnc(NC3CCC(CO)OC3)c12. The standard InChI is InChI=1S/C25H23ClN4O4/c26-21-10-17(34-16-4-2-1-3-5-16)8-9-19(21)23(32)20-11-27-24-22(20)25(29-14-28-24)30-15-6-7-18(12-31)33-13-15/h1-5,8-11,14-15,18,31H,6-7,12-13H2,(H2,27,28,29,30). The van der Waals surface area contributed by atoms with Gasteiger partial charge in [-0.1, -0.05) is 29.8 Å². The number of benzene rings is 2. The fourth-order valence-corrected chi connectivity index (χ4v) is 4.28. The van der Waals surface area contributed by atoms with Crippen molar-refractivity contribution in [3.05, 3.63) is 77.2 Å². The molecule has 1 aliphatic heterocycles. The van der Waals surface area contributed by atoms with Crippen LogP contribution in [0.25, 0.3) is 11.0 Å². The molecule has 0 amide bonds. The second kappa shape index (κ2) is 9.80. The highest BCUT2D eigenvalue weighted by Crippen LogP contribution is 2.32. The summed E-state index contributed by atoms with van der Waals surface area (Å²) in [6.07, 6.45) is 4.49. The van der Waals surface area contributed by atoms with Gasteiger partial charge in [-0.3, -0.25) is 4.79 Å². The van der Waals surface area contributed by atoms with Gasteiger partial charge in [0.25, 0.3) is 0 Å². The molecule has 4 aromatic rings. The highest BCUT2D eigenvalue weighted by Gasteiger charge is 2.25. The van der Waals surface area contributed by atoms with Gasteiger partial charge in [0.05, 0.1) is 41.3 Å². The number of carbonyl (C=O) groups excluding carboxylic acids is 1. The molecular weight excluding hydrogens is 456 g/mol. The average molecular weight is 479 g/mol. The third kappa shape index (κ3) is 4.61. The zero-order valence-electron chi connectivity index (χ0n) is 18.2. The molecule has 5 rings (SSSR count). The summed E-state index contributed by atoms with van der Waals surface area (Å²) >= 11 is 6.49. The highest BCUT2D eigenvalue weighted by molar-refractivity contribution is 6.35. The van der Waals surface area contributed by atoms with Gasteiger partial charge in [-0.2, -0.15) is 0 Å². The Kier molecular flexibility index (Phi) is 6.44. The van der Waals surface area contributed by atoms with Crippen LogP contribution in [0.4, 0.5) is 5.82 Å². The zero-order valence-corrected chi connectivity index (χ0v) is 19.0. The number of halogens is 1. The van der Waals surface area contributed by atoms with E-state index in [0.717, 1.165) is 12.8 Å². The Morgan fingerprint density at radius 2 is 2.00 bits per heavy atom. The second-order valence-electron chi connectivity index (χ2n) is 8.09. The number of hydrogen-bond acceptors (Lipinski definition) is 7. The lowest BCUT2D eigenvalue weighted by molar-refractivity contribution is -0.0224. The van der Waals surface area contributed by atoms with E-state index in [2.05, 4.69) is 20.3 Å². The van der Waals surface area contributed by atoms with Gasteiger partial charge in [-0.15, -0.1) is 0 Å². The largest absolute Gasteiger partial charge is 0.457 e. The molecule has 1 aliphatic rings. The van der Waals surface area contributed by atoms with Crippen LogP contribution >= 0.6 is 11.6 Å². The predicted octanol–water partition coefficient (Wildman–Crippen LogP) is 4.59. The molecule has 8 nitrogen and oxygen atoms in total. The smallest absolute Gasteiger partial charge is 0.196 e. The molecule has 9 heteroatoms. The number of fused-ring (bicyclic) bond motifs is 1. The van der Waals surface area contributed by atoms with Crippen LogP contribution in [-0.4, -0.2) is 51.2 Å². The number of para-hydroxylation sites is 1. The summed E-state index contributed by atoms with van der Waals surface area (Å²) in [5.41, 5.74) is 1.32. The molecule has 0 bridgehead atoms. The predicted molar refractivity (Wildman–Crippen MR) is 129 cm³/mol. The number of aromatic amines is 1. The van der Waals surface area contributed by atoms with Crippen molar-refractivity contribution in [2.24, 2.45) is 0 Å². The first-order valence-corrected chi connectivity index (χ1v) is 11.4. The lowest BCUT2D eigenvalue weighted by Crippen LogP contribution is -2.36. The Bertz CT molecular complexity index is 1300. The first-order valence-electron chi connectivity index (χ1n) is 11.0. The summed E-state index contributed by atoms with van der Waals surface area (Å²) < 4.78 is 11.5. The van der Waals surface area contributed by atoms with Gasteiger partial charge in [0.15, 0.2) is 5.78 Å². The van der Waals surface area contributed by atoms with Crippen LogP contribution in [0.2, 0.25) is 5.02 Å². The zero-order chi connectivity index (χ0) is 23.5. The monoisotopic (exact) mass is 478 g/mol. The van der Waals surface area contributed by atoms with Crippen molar-refractivity contribution in [2.75, 3.05) is 18.5 Å². The van der Waals surface area contributed by atoms with E-state index in [0.29, 0.717) is 46.1 Å². The third-order valence-corrected chi connectivity index (χ3v) is 6.11. The van der Waals surface area contributed by atoms with Gasteiger partial charge in [0, 0.05) is 17.8 Å². The van der Waals surface area contributed by atoms with Crippen LogP contribution in [0.1, 0.15) is 28.8 Å². The second-order valence-corrected chi connectivity index (χ2v) is 8.50. The number of nitrogens with one attached hydrogen (secondary N) is 2. The van der Waals surface area contributed by atoms with Crippen molar-refractivity contribution in [3.63, 3.8) is 0 Å². The van der Waals surface area contributed by atoms with Crippen molar-refractivity contribution >= 4 is 34.2 Å². The molecule has 1 saturated heterocycles. The Labute approximate surface area is 200 Å². The number of hydrogen-bond donors (Lipinski definition) is 3. The molecule has 0 spiro atoms. The first kappa shape index (κ1) is 22.3. The van der Waals surface area contributed by atoms with Crippen molar-refractivity contribution in [1.29, 1.82) is 0 Å². The Balaban J connectivity index is 1.40. The molecule has 2 unspecified atom stereocenters. The van der Waals surface area contributed by atoms with Gasteiger partial charge in [0.1, 0.15) is 29.3 Å². The van der Waals surface area contributed by atoms with Crippen molar-refractivity contribution in [3.8, 4) is 11.5 Å². The van der Waals surface area contributed by atoms with E-state index in [-0.39, 0.29) is 29.6 Å². The molecule has 0 aliphatic carbocycles. The van der Waals surface area contributed by atoms with Crippen LogP contribution < -0.4 is 10.1 Å². The Morgan fingerprint density at radius 1 is 1.15 bits per heavy atom. The number of aliphatic hydroxyl groups excluding tert-OH is 1. The van der Waals surface area contributed by atoms with E-state index >= 15 is 0 Å². The van der Waals surface area contributed by atoms with Gasteiger partial charge in [-0.25, -0.2) is 9.97 Å². The summed E-state index contributed by atoms with van der Waals surface area (Å²) in [4.78, 5) is 25.2. The number of nitrogens with zero attached hydrogens (tertiary/aromatic N) is 2. The number of anilines is 1. The number of rotatable bonds is 7. The van der Waals surface area contributed by atoms with Gasteiger partial charge in [-0.05, 0) is 37.1 Å². The Hall–Kier alpha value is -3.46. The van der Waals surface area contributed by atoms with Crippen molar-refractivity contribution < 1.29 is 19.4 Å². The molecule has 2 atom stereocenters. The minimum Gasteiger partial charge on any atom is -0.457 e. The summed E-state index contributed by atoms with van der Waals surface area (Å²) in [7, 11) is 0. The molecular formula is C25H23ClN4O4. The number of aromatic nitrogens is 3. The van der Waals surface area contributed by atoms with Crippen LogP contribution in [0.3, 0.4) is 0 Å². The van der Waals surface area contributed by atoms with Gasteiger partial charge in [0.2, 0.25) is 0 Å². The summed E-state index contributed by atoms with van der Waals surface area (Å²) in [5.74, 6) is 1.52. The van der Waals surface area contributed by atoms with Crippen molar-refractivity contribution in [1.82, 2.24) is 15.0 Å². The minimum atomic E-state index is -0.249. The summed E-state index contributed by atoms with van der Waals surface area (Å²) in [6.45, 7) is 0.454. The summed E-state index contributed by atoms with van der Waals surface area (Å²) in [6, 6.07) is 14.4. The van der Waals surface area contributed by atoms with Gasteiger partial charge >= 0.3 is 0 Å². The lowest BCUT2D eigenvalue weighted by Gasteiger charge is -2.29. The minimum absolute atomic E-state index is 0.0108. The molecule has 34 heavy (non-hydrogen) atoms. The molecule has 0 saturated carbocycles. The first-order chi connectivity index (χ1) is 16.6. The molecule has 3 N–H and O–H groups in total. The molecule has 2 aromatic heterocycles. The summed E-state index contributed by atoms with van der Waals surface area (Å²) in [5, 5.41) is 13.5. The highest BCUT2D eigenvalue weighted by atomic mass is 35.5. The molecule has 2 aromatic carbocycles. The van der Waals surface area contributed by atoms with Crippen LogP contribution in [0, 0.1) is 0 Å². The average Bonchev–Trinajstić information content (AvgIpc) is 3.30. The number of aliphatic hydroxyl groups is 1. The lowest BCUT2D eigenvalue weighted by atomic mass is 10.0. The maximum absolute atomic E-state index is 13.5. The van der Waals surface area contributed by atoms with Gasteiger partial charge < -0.3 is 24.9 Å². The van der Waals surface area contributed by atoms with E-state index in [1.54, 1.807) is 24.4 Å². The van der Waals surface area contributed by atoms with Crippen LogP contribution in [-0.2, 0) is 4.74 Å². The quantitative estimate of drug-likeness (QED) is 0.333. The normalized spacial score (nSPS) is 18.1. The molecule has 1 fully saturated rings. The maximum Gasteiger partial charge on any atom is 0.196 e. The molecule has 0 radical (unpaired) electrons. The fraction of sp³-hybridized carbons (Fsp3) is 0.240. The number of ether oxygens (including phenoxy) is 2. The number of ketones is 1. The molecule has 3 heterocycles. The topological polar surface area (TPSA) is 109 Å². The van der Waals surface area contributed by atoms with E-state index in [9.17, 15) is 9.90 Å². The van der Waals surface area contributed by atoms with Crippen LogP contribution in [0.15, 0.2) is 61.1 Å². The van der Waals surface area contributed by atoms with Crippen LogP contribution in [0.5, 0.6) is 11.5 Å².